The van der Waals surface area contributed by atoms with Gasteiger partial charge in [-0.3, -0.25) is 4.79 Å². The molecule has 4 rings (SSSR count). The van der Waals surface area contributed by atoms with Crippen molar-refractivity contribution < 1.29 is 18.3 Å². The number of fused-ring (bicyclic) bond motifs is 2. The average Bonchev–Trinajstić information content (AvgIpc) is 3.12. The molecular weight excluding hydrogens is 285 g/mol. The topological polar surface area (TPSA) is 42.7 Å². The van der Waals surface area contributed by atoms with Crippen LogP contribution in [-0.4, -0.2) is 36.1 Å². The zero-order chi connectivity index (χ0) is 15.3. The van der Waals surface area contributed by atoms with Crippen molar-refractivity contribution in [2.24, 2.45) is 0 Å². The van der Waals surface area contributed by atoms with Gasteiger partial charge in [-0.1, -0.05) is 12.1 Å². The minimum absolute atomic E-state index is 0.124. The zero-order valence-corrected chi connectivity index (χ0v) is 12.5. The van der Waals surface area contributed by atoms with Crippen LogP contribution in [0, 0.1) is 12.7 Å². The summed E-state index contributed by atoms with van der Waals surface area (Å²) >= 11 is 0. The Kier molecular flexibility index (Phi) is 3.18. The molecule has 22 heavy (non-hydrogen) atoms. The molecule has 0 spiro atoms. The predicted molar refractivity (Wildman–Crippen MR) is 79.3 cm³/mol. The summed E-state index contributed by atoms with van der Waals surface area (Å²) in [6.07, 6.45) is 3.18. The first-order chi connectivity index (χ1) is 10.7. The number of halogens is 1. The molecule has 0 radical (unpaired) electrons. The van der Waals surface area contributed by atoms with Crippen molar-refractivity contribution in [3.8, 4) is 0 Å². The van der Waals surface area contributed by atoms with Crippen molar-refractivity contribution in [3.63, 3.8) is 0 Å². The monoisotopic (exact) mass is 303 g/mol. The van der Waals surface area contributed by atoms with Crippen LogP contribution in [0.2, 0.25) is 0 Å². The molecule has 1 saturated heterocycles. The molecule has 5 heteroatoms. The highest BCUT2D eigenvalue weighted by molar-refractivity contribution is 5.99. The molecule has 1 aliphatic heterocycles. The minimum Gasteiger partial charge on any atom is -0.448 e. The molecule has 0 N–H and O–H groups in total. The molecule has 2 fully saturated rings. The van der Waals surface area contributed by atoms with Gasteiger partial charge in [-0.25, -0.2) is 4.39 Å². The number of nitrogens with zero attached hydrogens (tertiary/aromatic N) is 1. The Morgan fingerprint density at radius 2 is 2.23 bits per heavy atom. The van der Waals surface area contributed by atoms with Crippen LogP contribution in [-0.2, 0) is 4.74 Å². The van der Waals surface area contributed by atoms with Crippen molar-refractivity contribution in [2.75, 3.05) is 13.2 Å². The molecule has 1 aliphatic carbocycles. The smallest absolute Gasteiger partial charge is 0.290 e. The van der Waals surface area contributed by atoms with Gasteiger partial charge in [0, 0.05) is 17.5 Å². The standard InChI is InChI=1S/C17H18FNO3/c1-10-11-4-2-5-12(18)16(11)22-15(10)17(20)19-8-9-21-14-7-3-6-13(14)19/h2,4-5,13-14H,3,6-9H2,1H3/t13-,14+/m1/s1. The SMILES string of the molecule is Cc1c(C(=O)N2CCO[C@H]3CCC[C@H]32)oc2c(F)cccc12. The number of carbonyl (C=O) groups is 1. The van der Waals surface area contributed by atoms with Gasteiger partial charge in [0.05, 0.1) is 18.8 Å². The Bertz CT molecular complexity index is 739. The van der Waals surface area contributed by atoms with E-state index in [0.29, 0.717) is 24.1 Å². The zero-order valence-electron chi connectivity index (χ0n) is 12.5. The molecule has 2 heterocycles. The van der Waals surface area contributed by atoms with Crippen molar-refractivity contribution >= 4 is 16.9 Å². The maximum absolute atomic E-state index is 13.9. The number of rotatable bonds is 1. The molecule has 0 bridgehead atoms. The van der Waals surface area contributed by atoms with Gasteiger partial charge >= 0.3 is 0 Å². The highest BCUT2D eigenvalue weighted by atomic mass is 19.1. The highest BCUT2D eigenvalue weighted by Crippen LogP contribution is 2.33. The van der Waals surface area contributed by atoms with E-state index in [2.05, 4.69) is 0 Å². The van der Waals surface area contributed by atoms with Crippen LogP contribution in [0.4, 0.5) is 4.39 Å². The first-order valence-electron chi connectivity index (χ1n) is 7.77. The fourth-order valence-electron chi connectivity index (χ4n) is 3.72. The van der Waals surface area contributed by atoms with Crippen molar-refractivity contribution in [1.82, 2.24) is 4.90 Å². The number of carbonyl (C=O) groups excluding carboxylic acids is 1. The number of hydrogen-bond acceptors (Lipinski definition) is 3. The molecule has 4 nitrogen and oxygen atoms in total. The molecule has 1 aromatic carbocycles. The normalized spacial score (nSPS) is 24.7. The van der Waals surface area contributed by atoms with E-state index < -0.39 is 5.82 Å². The van der Waals surface area contributed by atoms with Crippen LogP contribution >= 0.6 is 0 Å². The predicted octanol–water partition coefficient (Wildman–Crippen LogP) is 3.27. The maximum atomic E-state index is 13.9. The van der Waals surface area contributed by atoms with Gasteiger partial charge in [0.15, 0.2) is 17.2 Å². The summed E-state index contributed by atoms with van der Waals surface area (Å²) in [5.74, 6) is -0.318. The molecule has 2 aromatic rings. The molecule has 2 atom stereocenters. The lowest BCUT2D eigenvalue weighted by Gasteiger charge is -2.37. The van der Waals surface area contributed by atoms with Gasteiger partial charge in [-0.2, -0.15) is 0 Å². The Morgan fingerprint density at radius 3 is 3.05 bits per heavy atom. The number of benzene rings is 1. The largest absolute Gasteiger partial charge is 0.448 e. The van der Waals surface area contributed by atoms with Crippen LogP contribution in [0.1, 0.15) is 35.4 Å². The Balaban J connectivity index is 1.73. The first kappa shape index (κ1) is 13.8. The summed E-state index contributed by atoms with van der Waals surface area (Å²) in [4.78, 5) is 14.7. The second kappa shape index (κ2) is 5.09. The molecule has 1 saturated carbocycles. The summed E-state index contributed by atoms with van der Waals surface area (Å²) in [5, 5.41) is 0.666. The Labute approximate surface area is 127 Å². The number of para-hydroxylation sites is 1. The third-order valence-corrected chi connectivity index (χ3v) is 4.85. The van der Waals surface area contributed by atoms with Gasteiger partial charge in [0.1, 0.15) is 0 Å². The lowest BCUT2D eigenvalue weighted by molar-refractivity contribution is -0.0454. The van der Waals surface area contributed by atoms with Gasteiger partial charge < -0.3 is 14.1 Å². The summed E-state index contributed by atoms with van der Waals surface area (Å²) < 4.78 is 25.2. The minimum atomic E-state index is -0.430. The number of furan rings is 1. The Hall–Kier alpha value is -1.88. The summed E-state index contributed by atoms with van der Waals surface area (Å²) in [7, 11) is 0. The molecule has 116 valence electrons. The summed E-state index contributed by atoms with van der Waals surface area (Å²) in [5.41, 5.74) is 0.875. The molecule has 2 aliphatic rings. The van der Waals surface area contributed by atoms with Crippen LogP contribution in [0.5, 0.6) is 0 Å². The van der Waals surface area contributed by atoms with Crippen LogP contribution in [0.3, 0.4) is 0 Å². The van der Waals surface area contributed by atoms with Gasteiger partial charge in [-0.05, 0) is 32.3 Å². The third kappa shape index (κ3) is 1.96. The van der Waals surface area contributed by atoms with E-state index in [1.807, 2.05) is 11.8 Å². The van der Waals surface area contributed by atoms with Crippen LogP contribution in [0.25, 0.3) is 11.0 Å². The van der Waals surface area contributed by atoms with Crippen LogP contribution in [0.15, 0.2) is 22.6 Å². The number of morpholine rings is 1. The number of amides is 1. The fourth-order valence-corrected chi connectivity index (χ4v) is 3.72. The van der Waals surface area contributed by atoms with E-state index in [9.17, 15) is 9.18 Å². The number of ether oxygens (including phenoxy) is 1. The molecule has 1 aromatic heterocycles. The van der Waals surface area contributed by atoms with Crippen molar-refractivity contribution in [2.45, 2.75) is 38.3 Å². The van der Waals surface area contributed by atoms with Crippen LogP contribution < -0.4 is 0 Å². The number of aryl methyl sites for hydroxylation is 1. The number of hydrogen-bond donors (Lipinski definition) is 0. The first-order valence-corrected chi connectivity index (χ1v) is 7.77. The molecule has 1 amide bonds. The van der Waals surface area contributed by atoms with E-state index in [0.717, 1.165) is 19.3 Å². The second-order valence-corrected chi connectivity index (χ2v) is 6.08. The van der Waals surface area contributed by atoms with Crippen molar-refractivity contribution in [1.29, 1.82) is 0 Å². The lowest BCUT2D eigenvalue weighted by Crippen LogP contribution is -2.51. The highest BCUT2D eigenvalue weighted by Gasteiger charge is 2.40. The van der Waals surface area contributed by atoms with E-state index in [1.54, 1.807) is 12.1 Å². The summed E-state index contributed by atoms with van der Waals surface area (Å²) in [6, 6.07) is 4.89. The van der Waals surface area contributed by atoms with Crippen molar-refractivity contribution in [3.05, 3.63) is 35.3 Å². The molecule has 0 unspecified atom stereocenters. The fraction of sp³-hybridized carbons (Fsp3) is 0.471. The van der Waals surface area contributed by atoms with Gasteiger partial charge in [0.25, 0.3) is 5.91 Å². The average molecular weight is 303 g/mol. The van der Waals surface area contributed by atoms with E-state index in [-0.39, 0.29) is 29.4 Å². The molecular formula is C17H18FNO3. The summed E-state index contributed by atoms with van der Waals surface area (Å²) in [6.45, 7) is 2.94. The van der Waals surface area contributed by atoms with Gasteiger partial charge in [-0.15, -0.1) is 0 Å². The Morgan fingerprint density at radius 1 is 1.36 bits per heavy atom. The van der Waals surface area contributed by atoms with E-state index in [1.165, 1.54) is 6.07 Å². The van der Waals surface area contributed by atoms with Gasteiger partial charge in [0.2, 0.25) is 0 Å². The van der Waals surface area contributed by atoms with E-state index in [4.69, 9.17) is 9.15 Å². The van der Waals surface area contributed by atoms with E-state index >= 15 is 0 Å². The second-order valence-electron chi connectivity index (χ2n) is 6.08. The third-order valence-electron chi connectivity index (χ3n) is 4.85. The quantitative estimate of drug-likeness (QED) is 0.812. The maximum Gasteiger partial charge on any atom is 0.290 e. The lowest BCUT2D eigenvalue weighted by atomic mass is 10.1.